The summed E-state index contributed by atoms with van der Waals surface area (Å²) in [5.74, 6) is -0.0815. The summed E-state index contributed by atoms with van der Waals surface area (Å²) in [5, 5.41) is 13.2. The van der Waals surface area contributed by atoms with Crippen molar-refractivity contribution in [2.45, 2.75) is 18.1 Å². The summed E-state index contributed by atoms with van der Waals surface area (Å²) < 4.78 is 1.54. The van der Waals surface area contributed by atoms with E-state index in [-0.39, 0.29) is 23.8 Å². The molecule has 4 rings (SSSR count). The topological polar surface area (TPSA) is 84.2 Å². The van der Waals surface area contributed by atoms with Crippen LogP contribution in [0.15, 0.2) is 88.8 Å². The molecule has 1 aromatic heterocycles. The molecule has 0 saturated heterocycles. The maximum atomic E-state index is 12.9. The van der Waals surface area contributed by atoms with Crippen molar-refractivity contribution in [1.82, 2.24) is 9.55 Å². The summed E-state index contributed by atoms with van der Waals surface area (Å²) in [6, 6.07) is 24.7. The number of fused-ring (bicyclic) bond motifs is 1. The number of aliphatic hydroxyl groups excluding tert-OH is 1. The Hall–Kier alpha value is -3.42. The maximum absolute atomic E-state index is 12.9. The number of benzene rings is 3. The lowest BCUT2D eigenvalue weighted by Gasteiger charge is -2.14. The molecule has 0 saturated carbocycles. The number of aromatic nitrogens is 2. The highest BCUT2D eigenvalue weighted by atomic mass is 32.2. The van der Waals surface area contributed by atoms with Crippen molar-refractivity contribution in [3.8, 4) is 11.1 Å². The number of anilines is 1. The van der Waals surface area contributed by atoms with Gasteiger partial charge in [-0.05, 0) is 30.2 Å². The van der Waals surface area contributed by atoms with Gasteiger partial charge in [0.1, 0.15) is 0 Å². The lowest BCUT2D eigenvalue weighted by molar-refractivity contribution is -0.113. The second kappa shape index (κ2) is 10.3. The van der Waals surface area contributed by atoms with Gasteiger partial charge in [-0.25, -0.2) is 4.98 Å². The van der Waals surface area contributed by atoms with Crippen LogP contribution in [0.25, 0.3) is 22.0 Å². The number of carbonyl (C=O) groups is 1. The van der Waals surface area contributed by atoms with Crippen LogP contribution in [-0.2, 0) is 11.3 Å². The van der Waals surface area contributed by atoms with Crippen LogP contribution in [0.1, 0.15) is 6.42 Å². The number of aliphatic hydroxyl groups is 1. The zero-order chi connectivity index (χ0) is 22.3. The van der Waals surface area contributed by atoms with Crippen molar-refractivity contribution in [3.05, 3.63) is 89.2 Å². The van der Waals surface area contributed by atoms with Crippen LogP contribution in [0.5, 0.6) is 0 Å². The summed E-state index contributed by atoms with van der Waals surface area (Å²) in [6.45, 7) is 0.314. The first kappa shape index (κ1) is 21.8. The average molecular weight is 446 g/mol. The minimum Gasteiger partial charge on any atom is -0.396 e. The third-order valence-electron chi connectivity index (χ3n) is 4.98. The minimum absolute atomic E-state index is 0.0276. The van der Waals surface area contributed by atoms with Gasteiger partial charge >= 0.3 is 0 Å². The Labute approximate surface area is 189 Å². The quantitative estimate of drug-likeness (QED) is 0.314. The van der Waals surface area contributed by atoms with E-state index in [0.29, 0.717) is 29.0 Å². The van der Waals surface area contributed by atoms with Crippen LogP contribution in [0.3, 0.4) is 0 Å². The molecular weight excluding hydrogens is 422 g/mol. The summed E-state index contributed by atoms with van der Waals surface area (Å²) in [6.07, 6.45) is 0.435. The summed E-state index contributed by atoms with van der Waals surface area (Å²) >= 11 is 1.21. The van der Waals surface area contributed by atoms with Crippen LogP contribution in [-0.4, -0.2) is 32.9 Å². The molecule has 0 bridgehead atoms. The number of thioether (sulfide) groups is 1. The summed E-state index contributed by atoms with van der Waals surface area (Å²) in [7, 11) is 0. The Bertz CT molecular complexity index is 1290. The standard InChI is InChI=1S/C25H23N3O3S/c29-16-8-15-28-24(31)20-12-5-7-14-22(20)27-25(28)32-17-23(30)26-21-13-6-4-11-19(21)18-9-2-1-3-10-18/h1-7,9-14,29H,8,15-17H2,(H,26,30). The van der Waals surface area contributed by atoms with Gasteiger partial charge in [-0.2, -0.15) is 0 Å². The van der Waals surface area contributed by atoms with Crippen LogP contribution >= 0.6 is 11.8 Å². The second-order valence-electron chi connectivity index (χ2n) is 7.19. The normalized spacial score (nSPS) is 10.9. The molecule has 162 valence electrons. The number of nitrogens with one attached hydrogen (secondary N) is 1. The predicted octanol–water partition coefficient (Wildman–Crippen LogP) is 4.18. The monoisotopic (exact) mass is 445 g/mol. The molecule has 0 radical (unpaired) electrons. The molecule has 0 aliphatic carbocycles. The Kier molecular flexibility index (Phi) is 6.99. The van der Waals surface area contributed by atoms with Gasteiger partial charge in [-0.1, -0.05) is 72.4 Å². The van der Waals surface area contributed by atoms with E-state index in [4.69, 9.17) is 0 Å². The van der Waals surface area contributed by atoms with Crippen LogP contribution in [0.4, 0.5) is 5.69 Å². The molecule has 7 heteroatoms. The van der Waals surface area contributed by atoms with E-state index in [2.05, 4.69) is 10.3 Å². The van der Waals surface area contributed by atoms with E-state index in [1.807, 2.05) is 60.7 Å². The Morgan fingerprint density at radius 2 is 1.69 bits per heavy atom. The highest BCUT2D eigenvalue weighted by Crippen LogP contribution is 2.28. The average Bonchev–Trinajstić information content (AvgIpc) is 2.83. The first-order valence-corrected chi connectivity index (χ1v) is 11.3. The van der Waals surface area contributed by atoms with Crippen LogP contribution < -0.4 is 10.9 Å². The van der Waals surface area contributed by atoms with E-state index in [0.717, 1.165) is 16.8 Å². The molecule has 0 unspecified atom stereocenters. The van der Waals surface area contributed by atoms with Crippen molar-refractivity contribution < 1.29 is 9.90 Å². The predicted molar refractivity (Wildman–Crippen MR) is 129 cm³/mol. The molecule has 0 fully saturated rings. The highest BCUT2D eigenvalue weighted by Gasteiger charge is 2.14. The number of hydrogen-bond acceptors (Lipinski definition) is 5. The van der Waals surface area contributed by atoms with Gasteiger partial charge in [-0.15, -0.1) is 0 Å². The fraction of sp³-hybridized carbons (Fsp3) is 0.160. The first-order valence-electron chi connectivity index (χ1n) is 10.3. The SMILES string of the molecule is O=C(CSc1nc2ccccc2c(=O)n1CCCO)Nc1ccccc1-c1ccccc1. The van der Waals surface area contributed by atoms with Crippen LogP contribution in [0.2, 0.25) is 0 Å². The van der Waals surface area contributed by atoms with Gasteiger partial charge in [-0.3, -0.25) is 14.2 Å². The second-order valence-corrected chi connectivity index (χ2v) is 8.14. The lowest BCUT2D eigenvalue weighted by Crippen LogP contribution is -2.24. The molecule has 32 heavy (non-hydrogen) atoms. The Morgan fingerprint density at radius 3 is 2.50 bits per heavy atom. The van der Waals surface area contributed by atoms with Crippen molar-refractivity contribution in [2.24, 2.45) is 0 Å². The molecule has 0 aliphatic heterocycles. The van der Waals surface area contributed by atoms with E-state index >= 15 is 0 Å². The molecule has 0 atom stereocenters. The number of rotatable bonds is 8. The van der Waals surface area contributed by atoms with Crippen molar-refractivity contribution in [1.29, 1.82) is 0 Å². The van der Waals surface area contributed by atoms with Gasteiger partial charge in [0.05, 0.1) is 16.7 Å². The van der Waals surface area contributed by atoms with E-state index in [9.17, 15) is 14.7 Å². The van der Waals surface area contributed by atoms with Gasteiger partial charge < -0.3 is 10.4 Å². The van der Waals surface area contributed by atoms with Crippen molar-refractivity contribution in [3.63, 3.8) is 0 Å². The molecule has 2 N–H and O–H groups in total. The van der Waals surface area contributed by atoms with Crippen LogP contribution in [0, 0.1) is 0 Å². The number of nitrogens with zero attached hydrogens (tertiary/aromatic N) is 2. The maximum Gasteiger partial charge on any atom is 0.262 e. The summed E-state index contributed by atoms with van der Waals surface area (Å²) in [4.78, 5) is 30.3. The largest absolute Gasteiger partial charge is 0.396 e. The molecule has 0 spiro atoms. The Balaban J connectivity index is 1.54. The first-order chi connectivity index (χ1) is 15.7. The molecular formula is C25H23N3O3S. The van der Waals surface area contributed by atoms with Gasteiger partial charge in [0.2, 0.25) is 5.91 Å². The number of para-hydroxylation sites is 2. The van der Waals surface area contributed by atoms with Crippen molar-refractivity contribution in [2.75, 3.05) is 17.7 Å². The molecule has 3 aromatic carbocycles. The minimum atomic E-state index is -0.186. The van der Waals surface area contributed by atoms with Crippen molar-refractivity contribution >= 4 is 34.3 Å². The van der Waals surface area contributed by atoms with Gasteiger partial charge in [0.25, 0.3) is 5.56 Å². The van der Waals surface area contributed by atoms with E-state index < -0.39 is 0 Å². The fourth-order valence-corrected chi connectivity index (χ4v) is 4.29. The zero-order valence-corrected chi connectivity index (χ0v) is 18.2. The smallest absolute Gasteiger partial charge is 0.262 e. The Morgan fingerprint density at radius 1 is 0.969 bits per heavy atom. The van der Waals surface area contributed by atoms with E-state index in [1.165, 1.54) is 16.3 Å². The molecule has 6 nitrogen and oxygen atoms in total. The number of hydrogen-bond donors (Lipinski definition) is 2. The molecule has 4 aromatic rings. The van der Waals surface area contributed by atoms with E-state index in [1.54, 1.807) is 18.2 Å². The zero-order valence-electron chi connectivity index (χ0n) is 17.4. The highest BCUT2D eigenvalue weighted by molar-refractivity contribution is 7.99. The molecule has 0 aliphatic rings. The van der Waals surface area contributed by atoms with Gasteiger partial charge in [0.15, 0.2) is 5.16 Å². The third kappa shape index (κ3) is 4.90. The number of carbonyl (C=O) groups excluding carboxylic acids is 1. The summed E-state index contributed by atoms with van der Waals surface area (Å²) in [5.41, 5.74) is 3.12. The lowest BCUT2D eigenvalue weighted by atomic mass is 10.0. The fourth-order valence-electron chi connectivity index (χ4n) is 3.46. The molecule has 1 amide bonds. The van der Waals surface area contributed by atoms with Gasteiger partial charge in [0, 0.05) is 24.4 Å². The molecule has 1 heterocycles. The third-order valence-corrected chi connectivity index (χ3v) is 5.96. The number of amides is 1.